The number of aliphatic carboxylic acids is 1. The van der Waals surface area contributed by atoms with E-state index in [-0.39, 0.29) is 23.6 Å². The maximum atomic E-state index is 12.2. The molecule has 1 amide bonds. The Morgan fingerprint density at radius 1 is 1.50 bits per heavy atom. The van der Waals surface area contributed by atoms with Crippen molar-refractivity contribution in [2.75, 3.05) is 12.3 Å². The number of likely N-dealkylation sites (tertiary alicyclic amines) is 1. The molecule has 4 nitrogen and oxygen atoms in total. The van der Waals surface area contributed by atoms with E-state index in [1.807, 2.05) is 6.92 Å². The van der Waals surface area contributed by atoms with Gasteiger partial charge >= 0.3 is 5.97 Å². The lowest BCUT2D eigenvalue weighted by Crippen LogP contribution is -2.41. The normalized spacial score (nSPS) is 21.0. The first-order chi connectivity index (χ1) is 8.56. The first kappa shape index (κ1) is 15.3. The number of unbranched alkanes of at least 4 members (excludes halogenated alkanes) is 1. The van der Waals surface area contributed by atoms with Gasteiger partial charge in [0.2, 0.25) is 5.91 Å². The summed E-state index contributed by atoms with van der Waals surface area (Å²) in [7, 11) is 0. The highest BCUT2D eigenvalue weighted by molar-refractivity contribution is 8.00. The minimum atomic E-state index is -0.814. The molecule has 1 heterocycles. The van der Waals surface area contributed by atoms with E-state index in [9.17, 15) is 9.59 Å². The van der Waals surface area contributed by atoms with E-state index in [0.29, 0.717) is 0 Å². The van der Waals surface area contributed by atoms with Crippen molar-refractivity contribution in [3.63, 3.8) is 0 Å². The third-order valence-corrected chi connectivity index (χ3v) is 4.51. The van der Waals surface area contributed by atoms with E-state index >= 15 is 0 Å². The molecule has 5 heteroatoms. The maximum absolute atomic E-state index is 12.2. The van der Waals surface area contributed by atoms with Crippen LogP contribution in [0.25, 0.3) is 0 Å². The second-order valence-electron chi connectivity index (χ2n) is 4.79. The molecular formula is C13H23NO3S. The summed E-state index contributed by atoms with van der Waals surface area (Å²) in [6.45, 7) is 4.78. The topological polar surface area (TPSA) is 57.6 Å². The van der Waals surface area contributed by atoms with Gasteiger partial charge in [-0.1, -0.05) is 13.3 Å². The zero-order chi connectivity index (χ0) is 13.5. The molecule has 0 aromatic heterocycles. The van der Waals surface area contributed by atoms with Crippen molar-refractivity contribution in [2.24, 2.45) is 0 Å². The van der Waals surface area contributed by atoms with Crippen molar-refractivity contribution in [3.05, 3.63) is 0 Å². The van der Waals surface area contributed by atoms with Crippen LogP contribution in [0, 0.1) is 0 Å². The highest BCUT2D eigenvalue weighted by Crippen LogP contribution is 2.24. The largest absolute Gasteiger partial charge is 0.481 e. The summed E-state index contributed by atoms with van der Waals surface area (Å²) in [5, 5.41) is 8.79. The summed E-state index contributed by atoms with van der Waals surface area (Å²) >= 11 is 1.68. The molecule has 0 aromatic rings. The van der Waals surface area contributed by atoms with Gasteiger partial charge in [-0.2, -0.15) is 0 Å². The van der Waals surface area contributed by atoms with Gasteiger partial charge in [-0.05, 0) is 31.9 Å². The van der Waals surface area contributed by atoms with Gasteiger partial charge in [-0.15, -0.1) is 11.8 Å². The van der Waals surface area contributed by atoms with E-state index in [1.165, 1.54) is 0 Å². The molecule has 0 saturated carbocycles. The van der Waals surface area contributed by atoms with E-state index in [1.54, 1.807) is 16.7 Å². The van der Waals surface area contributed by atoms with Gasteiger partial charge in [-0.25, -0.2) is 0 Å². The van der Waals surface area contributed by atoms with Crippen LogP contribution in [-0.4, -0.2) is 45.5 Å². The van der Waals surface area contributed by atoms with Crippen LogP contribution in [0.4, 0.5) is 0 Å². The van der Waals surface area contributed by atoms with Crippen molar-refractivity contribution < 1.29 is 14.7 Å². The Bertz CT molecular complexity index is 296. The molecule has 2 unspecified atom stereocenters. The molecule has 0 radical (unpaired) electrons. The number of hydrogen-bond donors (Lipinski definition) is 1. The predicted octanol–water partition coefficient (Wildman–Crippen LogP) is 2.37. The second-order valence-corrected chi connectivity index (χ2v) is 6.24. The molecule has 1 aliphatic heterocycles. The number of carboxylic acid groups (broad SMARTS) is 1. The Morgan fingerprint density at radius 2 is 2.22 bits per heavy atom. The van der Waals surface area contributed by atoms with Gasteiger partial charge in [0.05, 0.1) is 11.7 Å². The molecule has 104 valence electrons. The maximum Gasteiger partial charge on any atom is 0.305 e. The zero-order valence-corrected chi connectivity index (χ0v) is 12.0. The minimum absolute atomic E-state index is 0.0501. The van der Waals surface area contributed by atoms with Crippen LogP contribution in [0.15, 0.2) is 0 Å². The molecule has 1 aliphatic rings. The van der Waals surface area contributed by atoms with Crippen molar-refractivity contribution in [3.8, 4) is 0 Å². The molecule has 1 fully saturated rings. The van der Waals surface area contributed by atoms with Crippen molar-refractivity contribution in [2.45, 2.75) is 57.2 Å². The first-order valence-corrected chi connectivity index (χ1v) is 7.75. The first-order valence-electron chi connectivity index (χ1n) is 6.70. The van der Waals surface area contributed by atoms with E-state index in [2.05, 4.69) is 6.92 Å². The number of thioether (sulfide) groups is 1. The number of carbonyl (C=O) groups is 2. The fourth-order valence-corrected chi connectivity index (χ4v) is 3.34. The third-order valence-electron chi connectivity index (χ3n) is 3.28. The van der Waals surface area contributed by atoms with E-state index in [0.717, 1.165) is 38.0 Å². The van der Waals surface area contributed by atoms with Gasteiger partial charge in [0, 0.05) is 12.6 Å². The van der Waals surface area contributed by atoms with Crippen LogP contribution in [0.2, 0.25) is 0 Å². The highest BCUT2D eigenvalue weighted by atomic mass is 32.2. The van der Waals surface area contributed by atoms with Crippen LogP contribution < -0.4 is 0 Å². The number of nitrogens with zero attached hydrogens (tertiary/aromatic N) is 1. The van der Waals surface area contributed by atoms with Crippen molar-refractivity contribution in [1.29, 1.82) is 0 Å². The Kier molecular flexibility index (Phi) is 6.54. The quantitative estimate of drug-likeness (QED) is 0.724. The van der Waals surface area contributed by atoms with Crippen LogP contribution >= 0.6 is 11.8 Å². The van der Waals surface area contributed by atoms with Gasteiger partial charge in [0.15, 0.2) is 0 Å². The molecule has 2 atom stereocenters. The number of carboxylic acids is 1. The summed E-state index contributed by atoms with van der Waals surface area (Å²) in [4.78, 5) is 24.8. The molecule has 1 rings (SSSR count). The lowest BCUT2D eigenvalue weighted by Gasteiger charge is -2.26. The van der Waals surface area contributed by atoms with Crippen molar-refractivity contribution >= 4 is 23.6 Å². The zero-order valence-electron chi connectivity index (χ0n) is 11.2. The number of hydrogen-bond acceptors (Lipinski definition) is 3. The predicted molar refractivity (Wildman–Crippen MR) is 73.8 cm³/mol. The summed E-state index contributed by atoms with van der Waals surface area (Å²) < 4.78 is 0. The standard InChI is InChI=1S/C13H23NO3S/c1-3-4-8-18-10(2)13(17)14-7-5-6-11(14)9-12(15)16/h10-11H,3-9H2,1-2H3,(H,15,16). The molecule has 0 aliphatic carbocycles. The van der Waals surface area contributed by atoms with Gasteiger partial charge in [0.1, 0.15) is 0 Å². The average Bonchev–Trinajstić information content (AvgIpc) is 2.75. The third kappa shape index (κ3) is 4.52. The average molecular weight is 273 g/mol. The number of rotatable bonds is 7. The van der Waals surface area contributed by atoms with Gasteiger partial charge in [0.25, 0.3) is 0 Å². The molecule has 1 N–H and O–H groups in total. The summed E-state index contributed by atoms with van der Waals surface area (Å²) in [5.74, 6) is 0.298. The molecule has 1 saturated heterocycles. The number of carbonyl (C=O) groups excluding carboxylic acids is 1. The lowest BCUT2D eigenvalue weighted by molar-refractivity contribution is -0.139. The molecular weight excluding hydrogens is 250 g/mol. The number of amides is 1. The Morgan fingerprint density at radius 3 is 2.83 bits per heavy atom. The van der Waals surface area contributed by atoms with Gasteiger partial charge in [-0.3, -0.25) is 9.59 Å². The van der Waals surface area contributed by atoms with Crippen LogP contribution in [0.5, 0.6) is 0 Å². The minimum Gasteiger partial charge on any atom is -0.481 e. The van der Waals surface area contributed by atoms with Crippen LogP contribution in [0.1, 0.15) is 46.0 Å². The van der Waals surface area contributed by atoms with Gasteiger partial charge < -0.3 is 10.0 Å². The summed E-state index contributed by atoms with van der Waals surface area (Å²) in [6, 6.07) is -0.0933. The molecule has 0 aromatic carbocycles. The SMILES string of the molecule is CCCCSC(C)C(=O)N1CCCC1CC(=O)O. The summed E-state index contributed by atoms with van der Waals surface area (Å²) in [5.41, 5.74) is 0. The Hall–Kier alpha value is -0.710. The summed E-state index contributed by atoms with van der Waals surface area (Å²) in [6.07, 6.45) is 4.10. The highest BCUT2D eigenvalue weighted by Gasteiger charge is 2.32. The second kappa shape index (κ2) is 7.67. The van der Waals surface area contributed by atoms with Crippen LogP contribution in [-0.2, 0) is 9.59 Å². The van der Waals surface area contributed by atoms with E-state index < -0.39 is 5.97 Å². The fraction of sp³-hybridized carbons (Fsp3) is 0.846. The molecule has 0 bridgehead atoms. The monoisotopic (exact) mass is 273 g/mol. The Labute approximate surface area is 113 Å². The molecule has 0 spiro atoms. The van der Waals surface area contributed by atoms with Crippen molar-refractivity contribution in [1.82, 2.24) is 4.90 Å². The fourth-order valence-electron chi connectivity index (χ4n) is 2.25. The van der Waals surface area contributed by atoms with E-state index in [4.69, 9.17) is 5.11 Å². The smallest absolute Gasteiger partial charge is 0.305 e. The Balaban J connectivity index is 2.45. The van der Waals surface area contributed by atoms with Crippen LogP contribution in [0.3, 0.4) is 0 Å². The lowest BCUT2D eigenvalue weighted by atomic mass is 10.1. The molecule has 18 heavy (non-hydrogen) atoms.